The predicted molar refractivity (Wildman–Crippen MR) is 121 cm³/mol. The normalized spacial score (nSPS) is 18.3. The molecule has 0 amide bonds. The van der Waals surface area contributed by atoms with E-state index in [9.17, 15) is 0 Å². The average Bonchev–Trinajstić information content (AvgIpc) is 3.16. The molecule has 1 saturated heterocycles. The van der Waals surface area contributed by atoms with Gasteiger partial charge < -0.3 is 9.64 Å². The SMILES string of the molecule is C1=c2ccccc2=CC2(CCN(CCCSc3csc4ccccc34)CC2)O1. The molecule has 2 aliphatic heterocycles. The largest absolute Gasteiger partial charge is 0.490 e. The van der Waals surface area contributed by atoms with Crippen LogP contribution in [-0.2, 0) is 4.74 Å². The van der Waals surface area contributed by atoms with E-state index in [4.69, 9.17) is 4.74 Å². The molecule has 3 heterocycles. The van der Waals surface area contributed by atoms with E-state index in [2.05, 4.69) is 64.9 Å². The van der Waals surface area contributed by atoms with Crippen molar-refractivity contribution in [3.63, 3.8) is 0 Å². The Morgan fingerprint density at radius 2 is 1.79 bits per heavy atom. The number of piperidine rings is 1. The van der Waals surface area contributed by atoms with Crippen molar-refractivity contribution in [2.45, 2.75) is 29.8 Å². The van der Waals surface area contributed by atoms with Gasteiger partial charge in [0.15, 0.2) is 0 Å². The van der Waals surface area contributed by atoms with Crippen LogP contribution in [0.3, 0.4) is 0 Å². The Bertz CT molecular complexity index is 1080. The molecule has 0 atom stereocenters. The van der Waals surface area contributed by atoms with Crippen LogP contribution in [0.25, 0.3) is 22.4 Å². The second-order valence-corrected chi connectivity index (χ2v) is 9.76. The van der Waals surface area contributed by atoms with Gasteiger partial charge in [-0.2, -0.15) is 0 Å². The molecule has 1 fully saturated rings. The molecule has 0 bridgehead atoms. The van der Waals surface area contributed by atoms with Crippen molar-refractivity contribution in [2.24, 2.45) is 0 Å². The standard InChI is InChI=1S/C24H25NOS2/c1-2-7-20-17-26-24(16-19(20)6-1)10-13-25(14-11-24)12-5-15-27-23-18-28-22-9-4-3-8-21(22)23/h1-4,6-9,16-18H,5,10-15H2. The van der Waals surface area contributed by atoms with Crippen LogP contribution < -0.4 is 10.4 Å². The number of benzene rings is 2. The molecule has 4 heteroatoms. The molecule has 0 radical (unpaired) electrons. The second kappa shape index (κ2) is 7.94. The minimum Gasteiger partial charge on any atom is -0.490 e. The molecule has 1 aromatic heterocycles. The highest BCUT2D eigenvalue weighted by molar-refractivity contribution is 7.99. The van der Waals surface area contributed by atoms with Gasteiger partial charge in [0.2, 0.25) is 0 Å². The van der Waals surface area contributed by atoms with Gasteiger partial charge >= 0.3 is 0 Å². The summed E-state index contributed by atoms with van der Waals surface area (Å²) in [7, 11) is 0. The first kappa shape index (κ1) is 18.3. The van der Waals surface area contributed by atoms with Gasteiger partial charge in [0.25, 0.3) is 0 Å². The van der Waals surface area contributed by atoms with Crippen LogP contribution in [-0.4, -0.2) is 35.9 Å². The number of thioether (sulfide) groups is 1. The minimum atomic E-state index is -0.0881. The van der Waals surface area contributed by atoms with E-state index >= 15 is 0 Å². The zero-order valence-corrected chi connectivity index (χ0v) is 17.6. The molecule has 0 aliphatic carbocycles. The lowest BCUT2D eigenvalue weighted by Gasteiger charge is -2.40. The third-order valence-electron chi connectivity index (χ3n) is 5.86. The molecule has 1 spiro atoms. The van der Waals surface area contributed by atoms with Gasteiger partial charge in [0.05, 0.1) is 6.26 Å². The van der Waals surface area contributed by atoms with Gasteiger partial charge in [0, 0.05) is 51.5 Å². The number of nitrogens with zero attached hydrogens (tertiary/aromatic N) is 1. The monoisotopic (exact) mass is 407 g/mol. The van der Waals surface area contributed by atoms with Gasteiger partial charge in [-0.3, -0.25) is 0 Å². The van der Waals surface area contributed by atoms with Crippen LogP contribution in [0.2, 0.25) is 0 Å². The molecule has 3 aromatic rings. The van der Waals surface area contributed by atoms with E-state index in [0.717, 1.165) is 25.9 Å². The van der Waals surface area contributed by atoms with Gasteiger partial charge in [-0.05, 0) is 36.1 Å². The summed E-state index contributed by atoms with van der Waals surface area (Å²) in [6, 6.07) is 17.2. The van der Waals surface area contributed by atoms with Crippen molar-refractivity contribution in [3.8, 4) is 0 Å². The Labute approximate surface area is 174 Å². The van der Waals surface area contributed by atoms with Crippen LogP contribution in [0.4, 0.5) is 0 Å². The number of hydrogen-bond donors (Lipinski definition) is 0. The zero-order chi connectivity index (χ0) is 18.8. The maximum atomic E-state index is 6.19. The molecule has 0 saturated carbocycles. The van der Waals surface area contributed by atoms with Gasteiger partial charge in [-0.15, -0.1) is 23.1 Å². The Morgan fingerprint density at radius 3 is 2.68 bits per heavy atom. The Hall–Kier alpha value is -1.75. The van der Waals surface area contributed by atoms with Crippen LogP contribution >= 0.6 is 23.1 Å². The molecule has 0 N–H and O–H groups in total. The highest BCUT2D eigenvalue weighted by Gasteiger charge is 2.34. The highest BCUT2D eigenvalue weighted by Crippen LogP contribution is 2.34. The van der Waals surface area contributed by atoms with Crippen molar-refractivity contribution < 1.29 is 4.74 Å². The fourth-order valence-corrected chi connectivity index (χ4v) is 6.33. The van der Waals surface area contributed by atoms with Crippen LogP contribution in [0, 0.1) is 0 Å². The van der Waals surface area contributed by atoms with E-state index in [-0.39, 0.29) is 5.60 Å². The molecule has 2 aromatic carbocycles. The molecule has 2 nitrogen and oxygen atoms in total. The maximum absolute atomic E-state index is 6.19. The summed E-state index contributed by atoms with van der Waals surface area (Å²) in [6.45, 7) is 3.43. The molecule has 28 heavy (non-hydrogen) atoms. The Balaban J connectivity index is 1.12. The van der Waals surface area contributed by atoms with Crippen molar-refractivity contribution in [3.05, 3.63) is 64.3 Å². The fraction of sp³-hybridized carbons (Fsp3) is 0.333. The second-order valence-electron chi connectivity index (χ2n) is 7.71. The van der Waals surface area contributed by atoms with E-state index in [1.165, 1.54) is 44.1 Å². The number of ether oxygens (including phenoxy) is 1. The fourth-order valence-electron chi connectivity index (χ4n) is 4.20. The van der Waals surface area contributed by atoms with Crippen LogP contribution in [0.15, 0.2) is 58.8 Å². The third-order valence-corrected chi connectivity index (χ3v) is 8.11. The molecular weight excluding hydrogens is 382 g/mol. The Morgan fingerprint density at radius 1 is 1.00 bits per heavy atom. The maximum Gasteiger partial charge on any atom is 0.130 e. The van der Waals surface area contributed by atoms with Crippen molar-refractivity contribution >= 4 is 45.5 Å². The topological polar surface area (TPSA) is 12.5 Å². The summed E-state index contributed by atoms with van der Waals surface area (Å²) in [4.78, 5) is 4.05. The van der Waals surface area contributed by atoms with Crippen molar-refractivity contribution in [2.75, 3.05) is 25.4 Å². The number of likely N-dealkylation sites (tertiary alicyclic amines) is 1. The smallest absolute Gasteiger partial charge is 0.130 e. The van der Waals surface area contributed by atoms with Crippen LogP contribution in [0.1, 0.15) is 19.3 Å². The lowest BCUT2D eigenvalue weighted by molar-refractivity contribution is 0.0360. The molecule has 5 rings (SSSR count). The summed E-state index contributed by atoms with van der Waals surface area (Å²) in [6.07, 6.45) is 7.73. The average molecular weight is 408 g/mol. The van der Waals surface area contributed by atoms with E-state index in [1.807, 2.05) is 29.4 Å². The first-order valence-corrected chi connectivity index (χ1v) is 12.0. The number of rotatable bonds is 5. The highest BCUT2D eigenvalue weighted by atomic mass is 32.2. The lowest BCUT2D eigenvalue weighted by atomic mass is 9.88. The summed E-state index contributed by atoms with van der Waals surface area (Å²) in [5.74, 6) is 1.19. The minimum absolute atomic E-state index is 0.0881. The first-order valence-electron chi connectivity index (χ1n) is 10.1. The van der Waals surface area contributed by atoms with Gasteiger partial charge in [-0.1, -0.05) is 42.5 Å². The summed E-state index contributed by atoms with van der Waals surface area (Å²) < 4.78 is 7.58. The van der Waals surface area contributed by atoms with Gasteiger partial charge in [-0.25, -0.2) is 0 Å². The molecule has 0 unspecified atom stereocenters. The lowest BCUT2D eigenvalue weighted by Crippen LogP contribution is -2.48. The number of thiophene rings is 1. The zero-order valence-electron chi connectivity index (χ0n) is 16.0. The molecule has 2 aliphatic rings. The summed E-state index contributed by atoms with van der Waals surface area (Å²) in [5, 5.41) is 6.25. The Kier molecular flexibility index (Phi) is 5.19. The van der Waals surface area contributed by atoms with Crippen LogP contribution in [0.5, 0.6) is 0 Å². The molecule has 144 valence electrons. The van der Waals surface area contributed by atoms with Crippen molar-refractivity contribution in [1.82, 2.24) is 4.90 Å². The third kappa shape index (κ3) is 3.73. The summed E-state index contributed by atoms with van der Waals surface area (Å²) in [5.41, 5.74) is -0.0881. The quantitative estimate of drug-likeness (QED) is 0.457. The predicted octanol–water partition coefficient (Wildman–Crippen LogP) is 4.47. The summed E-state index contributed by atoms with van der Waals surface area (Å²) >= 11 is 3.86. The first-order chi connectivity index (χ1) is 13.8. The number of fused-ring (bicyclic) bond motifs is 2. The van der Waals surface area contributed by atoms with Crippen molar-refractivity contribution in [1.29, 1.82) is 0 Å². The number of hydrogen-bond acceptors (Lipinski definition) is 4. The molecular formula is C24H25NOS2. The van der Waals surface area contributed by atoms with E-state index in [0.29, 0.717) is 0 Å². The van der Waals surface area contributed by atoms with E-state index in [1.54, 1.807) is 0 Å². The van der Waals surface area contributed by atoms with Gasteiger partial charge in [0.1, 0.15) is 5.60 Å². The van der Waals surface area contributed by atoms with E-state index < -0.39 is 0 Å².